The Morgan fingerprint density at radius 1 is 1.06 bits per heavy atom. The molecule has 7 nitrogen and oxygen atoms in total. The van der Waals surface area contributed by atoms with Crippen LogP contribution >= 0.6 is 0 Å². The highest BCUT2D eigenvalue weighted by Crippen LogP contribution is 2.49. The average Bonchev–Trinajstić information content (AvgIpc) is 3.46. The molecule has 8 heteroatoms. The minimum atomic E-state index is -3.62. The number of hydrogen-bond donors (Lipinski definition) is 2. The maximum atomic E-state index is 12.9. The molecule has 2 aromatic carbocycles. The van der Waals surface area contributed by atoms with Gasteiger partial charge in [0.05, 0.1) is 19.1 Å². The zero-order chi connectivity index (χ0) is 24.3. The van der Waals surface area contributed by atoms with E-state index in [2.05, 4.69) is 10.0 Å². The second-order valence-corrected chi connectivity index (χ2v) is 10.9. The van der Waals surface area contributed by atoms with Gasteiger partial charge >= 0.3 is 0 Å². The van der Waals surface area contributed by atoms with Crippen LogP contribution in [0.4, 0.5) is 5.69 Å². The molecule has 1 amide bonds. The zero-order valence-electron chi connectivity index (χ0n) is 19.8. The van der Waals surface area contributed by atoms with E-state index in [1.54, 1.807) is 31.4 Å². The largest absolute Gasteiger partial charge is 0.493 e. The molecule has 0 saturated heterocycles. The number of amides is 1. The van der Waals surface area contributed by atoms with E-state index in [1.807, 2.05) is 19.1 Å². The SMILES string of the molecule is COc1cccc(/C=C/C(=O)Nc2ccc(S(=O)(=O)N[C@H](C)[C@H]3C[C@H]4CC[C@H]3C4)cc2)c1OC. The Morgan fingerprint density at radius 2 is 1.82 bits per heavy atom. The van der Waals surface area contributed by atoms with E-state index < -0.39 is 10.0 Å². The summed E-state index contributed by atoms with van der Waals surface area (Å²) in [5, 5.41) is 2.75. The second-order valence-electron chi connectivity index (χ2n) is 9.18. The van der Waals surface area contributed by atoms with Gasteiger partial charge in [-0.3, -0.25) is 4.79 Å². The summed E-state index contributed by atoms with van der Waals surface area (Å²) in [6.07, 6.45) is 7.89. The lowest BCUT2D eigenvalue weighted by molar-refractivity contribution is -0.111. The molecule has 34 heavy (non-hydrogen) atoms. The van der Waals surface area contributed by atoms with Crippen molar-refractivity contribution in [1.29, 1.82) is 0 Å². The summed E-state index contributed by atoms with van der Waals surface area (Å²) >= 11 is 0. The van der Waals surface area contributed by atoms with Crippen LogP contribution in [-0.2, 0) is 14.8 Å². The van der Waals surface area contributed by atoms with Crippen molar-refractivity contribution >= 4 is 27.7 Å². The first-order valence-corrected chi connectivity index (χ1v) is 13.1. The smallest absolute Gasteiger partial charge is 0.248 e. The van der Waals surface area contributed by atoms with Gasteiger partial charge in [0, 0.05) is 23.4 Å². The lowest BCUT2D eigenvalue weighted by Crippen LogP contribution is -2.40. The third-order valence-electron chi connectivity index (χ3n) is 7.06. The van der Waals surface area contributed by atoms with Gasteiger partial charge in [-0.05, 0) is 80.3 Å². The standard InChI is InChI=1S/C26H32N2O5S/c1-17(23-16-18-7-8-20(23)15-18)28-34(30,31)22-12-10-21(11-13-22)27-25(29)14-9-19-5-4-6-24(32-2)26(19)33-3/h4-6,9-14,17-18,20,23,28H,7-8,15-16H2,1-3H3,(H,27,29)/b14-9+/t17-,18+,20+,23-/m1/s1. The van der Waals surface area contributed by atoms with E-state index in [1.165, 1.54) is 44.6 Å². The number of methoxy groups -OCH3 is 2. The molecule has 2 N–H and O–H groups in total. The maximum absolute atomic E-state index is 12.9. The van der Waals surface area contributed by atoms with E-state index >= 15 is 0 Å². The quantitative estimate of drug-likeness (QED) is 0.513. The lowest BCUT2D eigenvalue weighted by atomic mass is 9.84. The molecule has 4 rings (SSSR count). The van der Waals surface area contributed by atoms with Gasteiger partial charge in [-0.2, -0.15) is 0 Å². The molecule has 0 unspecified atom stereocenters. The molecule has 0 radical (unpaired) electrons. The normalized spacial score (nSPS) is 22.6. The third-order valence-corrected chi connectivity index (χ3v) is 8.63. The molecule has 2 bridgehead atoms. The number of carbonyl (C=O) groups excluding carboxylic acids is 1. The van der Waals surface area contributed by atoms with E-state index in [-0.39, 0.29) is 16.8 Å². The highest BCUT2D eigenvalue weighted by Gasteiger charge is 2.42. The molecule has 0 spiro atoms. The van der Waals surface area contributed by atoms with Crippen LogP contribution < -0.4 is 19.5 Å². The fourth-order valence-electron chi connectivity index (χ4n) is 5.42. The van der Waals surface area contributed by atoms with Crippen LogP contribution in [0.1, 0.15) is 38.2 Å². The van der Waals surface area contributed by atoms with Crippen molar-refractivity contribution in [2.24, 2.45) is 17.8 Å². The van der Waals surface area contributed by atoms with Gasteiger partial charge in [0.1, 0.15) is 0 Å². The number of rotatable bonds is 9. The lowest BCUT2D eigenvalue weighted by Gasteiger charge is -2.28. The molecule has 0 aromatic heterocycles. The predicted molar refractivity (Wildman–Crippen MR) is 132 cm³/mol. The highest BCUT2D eigenvalue weighted by atomic mass is 32.2. The van der Waals surface area contributed by atoms with Crippen LogP contribution in [0.15, 0.2) is 53.4 Å². The Kier molecular flexibility index (Phi) is 7.28. The van der Waals surface area contributed by atoms with Crippen LogP contribution in [0.25, 0.3) is 6.08 Å². The number of nitrogens with one attached hydrogen (secondary N) is 2. The van der Waals surface area contributed by atoms with Gasteiger partial charge < -0.3 is 14.8 Å². The van der Waals surface area contributed by atoms with Gasteiger partial charge in [-0.25, -0.2) is 13.1 Å². The number of carbonyl (C=O) groups is 1. The van der Waals surface area contributed by atoms with Crippen molar-refractivity contribution in [1.82, 2.24) is 4.72 Å². The Labute approximate surface area is 201 Å². The molecule has 2 fully saturated rings. The first-order chi connectivity index (χ1) is 16.3. The van der Waals surface area contributed by atoms with Gasteiger partial charge in [-0.15, -0.1) is 0 Å². The Balaban J connectivity index is 1.37. The first kappa shape index (κ1) is 24.3. The van der Waals surface area contributed by atoms with Gasteiger partial charge in [0.25, 0.3) is 0 Å². The van der Waals surface area contributed by atoms with Crippen LogP contribution in [0.5, 0.6) is 11.5 Å². The molecular formula is C26H32N2O5S. The molecule has 2 aliphatic rings. The Morgan fingerprint density at radius 3 is 2.44 bits per heavy atom. The minimum absolute atomic E-state index is 0.0848. The molecule has 2 aromatic rings. The van der Waals surface area contributed by atoms with Crippen molar-refractivity contribution in [3.8, 4) is 11.5 Å². The number of fused-ring (bicyclic) bond motifs is 2. The van der Waals surface area contributed by atoms with E-state index in [0.717, 1.165) is 12.3 Å². The molecule has 2 saturated carbocycles. The number of anilines is 1. The van der Waals surface area contributed by atoms with Crippen molar-refractivity contribution in [2.45, 2.75) is 43.5 Å². The number of para-hydroxylation sites is 1. The molecule has 4 atom stereocenters. The topological polar surface area (TPSA) is 93.7 Å². The summed E-state index contributed by atoms with van der Waals surface area (Å²) in [7, 11) is -0.530. The van der Waals surface area contributed by atoms with Crippen molar-refractivity contribution in [2.75, 3.05) is 19.5 Å². The van der Waals surface area contributed by atoms with Gasteiger partial charge in [0.2, 0.25) is 15.9 Å². The Hall–Kier alpha value is -2.84. The summed E-state index contributed by atoms with van der Waals surface area (Å²) < 4.78 is 39.3. The van der Waals surface area contributed by atoms with Crippen LogP contribution in [0.2, 0.25) is 0 Å². The fourth-order valence-corrected chi connectivity index (χ4v) is 6.71. The monoisotopic (exact) mass is 484 g/mol. The molecule has 0 aliphatic heterocycles. The highest BCUT2D eigenvalue weighted by molar-refractivity contribution is 7.89. The van der Waals surface area contributed by atoms with E-state index in [4.69, 9.17) is 9.47 Å². The minimum Gasteiger partial charge on any atom is -0.493 e. The fraction of sp³-hybridized carbons (Fsp3) is 0.423. The number of sulfonamides is 1. The molecule has 182 valence electrons. The maximum Gasteiger partial charge on any atom is 0.248 e. The number of hydrogen-bond acceptors (Lipinski definition) is 5. The Bertz CT molecular complexity index is 1160. The number of ether oxygens (including phenoxy) is 2. The van der Waals surface area contributed by atoms with Crippen LogP contribution in [0.3, 0.4) is 0 Å². The first-order valence-electron chi connectivity index (χ1n) is 11.6. The summed E-state index contributed by atoms with van der Waals surface area (Å²) in [4.78, 5) is 12.6. The van der Waals surface area contributed by atoms with E-state index in [9.17, 15) is 13.2 Å². The molecule has 2 aliphatic carbocycles. The van der Waals surface area contributed by atoms with Crippen molar-refractivity contribution in [3.63, 3.8) is 0 Å². The van der Waals surface area contributed by atoms with Gasteiger partial charge in [-0.1, -0.05) is 18.6 Å². The second kappa shape index (κ2) is 10.2. The van der Waals surface area contributed by atoms with Crippen LogP contribution in [-0.4, -0.2) is 34.6 Å². The third kappa shape index (κ3) is 5.28. The van der Waals surface area contributed by atoms with Crippen molar-refractivity contribution in [3.05, 3.63) is 54.1 Å². The van der Waals surface area contributed by atoms with Crippen molar-refractivity contribution < 1.29 is 22.7 Å². The summed E-state index contributed by atoms with van der Waals surface area (Å²) in [6.45, 7) is 1.97. The summed E-state index contributed by atoms with van der Waals surface area (Å²) in [5.41, 5.74) is 1.21. The average molecular weight is 485 g/mol. The summed E-state index contributed by atoms with van der Waals surface area (Å²) in [6, 6.07) is 11.5. The van der Waals surface area contributed by atoms with E-state index in [0.29, 0.717) is 34.6 Å². The predicted octanol–water partition coefficient (Wildman–Crippen LogP) is 4.46. The van der Waals surface area contributed by atoms with Crippen LogP contribution in [0, 0.1) is 17.8 Å². The summed E-state index contributed by atoms with van der Waals surface area (Å²) in [5.74, 6) is 2.60. The zero-order valence-corrected chi connectivity index (χ0v) is 20.6. The molecular weight excluding hydrogens is 452 g/mol. The van der Waals surface area contributed by atoms with Gasteiger partial charge in [0.15, 0.2) is 11.5 Å². The molecule has 0 heterocycles. The number of benzene rings is 2.